The summed E-state index contributed by atoms with van der Waals surface area (Å²) in [5.41, 5.74) is 21.0. The molecule has 0 N–H and O–H groups in total. The van der Waals surface area contributed by atoms with Crippen LogP contribution in [0.15, 0.2) is 168 Å². The van der Waals surface area contributed by atoms with E-state index in [0.717, 1.165) is 39.3 Å². The zero-order chi connectivity index (χ0) is 44.7. The third-order valence-corrected chi connectivity index (χ3v) is 14.1. The van der Waals surface area contributed by atoms with Crippen LogP contribution in [0.1, 0.15) is 79.0 Å². The van der Waals surface area contributed by atoms with Gasteiger partial charge in [-0.05, 0) is 104 Å². The maximum atomic E-state index is 7.77. The van der Waals surface area contributed by atoms with E-state index in [1.165, 1.54) is 77.6 Å². The van der Waals surface area contributed by atoms with Gasteiger partial charge in [-0.3, -0.25) is 4.57 Å². The minimum absolute atomic E-state index is 0.00653. The number of hydrogen-bond donors (Lipinski definition) is 0. The van der Waals surface area contributed by atoms with Crippen molar-refractivity contribution in [3.63, 3.8) is 0 Å². The SMILES string of the molecule is CC(C)(C)c1ccc(N2c3cc(C(C)(C)C)cc4c3B(c3oc5c(c32)c2ccccc2n5-c2ccccc2)n2c(-c3ccccc3)c(-c3ccccc3)c3cc(C(C)(C)C)cc-4c32)cc1. The van der Waals surface area contributed by atoms with Crippen LogP contribution < -0.4 is 16.0 Å². The first kappa shape index (κ1) is 39.6. The van der Waals surface area contributed by atoms with Gasteiger partial charge in [0.2, 0.25) is 5.71 Å². The molecule has 65 heavy (non-hydrogen) atoms. The van der Waals surface area contributed by atoms with E-state index in [0.29, 0.717) is 0 Å². The van der Waals surface area contributed by atoms with Crippen molar-refractivity contribution in [1.29, 1.82) is 0 Å². The number of para-hydroxylation sites is 2. The molecule has 0 bridgehead atoms. The highest BCUT2D eigenvalue weighted by atomic mass is 16.3. The molecule has 0 spiro atoms. The number of nitrogens with zero attached hydrogens (tertiary/aromatic N) is 3. The summed E-state index contributed by atoms with van der Waals surface area (Å²) >= 11 is 0. The van der Waals surface area contributed by atoms with Crippen molar-refractivity contribution in [3.8, 4) is 39.2 Å². The maximum Gasteiger partial charge on any atom is 0.376 e. The summed E-state index contributed by atoms with van der Waals surface area (Å²) in [6.45, 7) is 20.7. The van der Waals surface area contributed by atoms with Crippen LogP contribution in [0.25, 0.3) is 72.1 Å². The molecule has 0 radical (unpaired) electrons. The number of benzene rings is 7. The van der Waals surface area contributed by atoms with Crippen LogP contribution >= 0.6 is 0 Å². The molecule has 10 aromatic rings. The lowest BCUT2D eigenvalue weighted by atomic mass is 9.47. The average molecular weight is 844 g/mol. The average Bonchev–Trinajstić information content (AvgIpc) is 3.95. The Morgan fingerprint density at radius 3 is 1.71 bits per heavy atom. The third kappa shape index (κ3) is 5.83. The lowest BCUT2D eigenvalue weighted by Crippen LogP contribution is -2.56. The Kier molecular flexibility index (Phi) is 8.39. The second kappa shape index (κ2) is 13.8. The molecule has 0 atom stereocenters. The second-order valence-electron chi connectivity index (χ2n) is 21.4. The molecule has 0 unspecified atom stereocenters. The molecule has 2 aliphatic rings. The number of furan rings is 1. The molecule has 12 rings (SSSR count). The van der Waals surface area contributed by atoms with Crippen molar-refractivity contribution in [3.05, 3.63) is 180 Å². The molecule has 0 aliphatic carbocycles. The van der Waals surface area contributed by atoms with Gasteiger partial charge in [-0.15, -0.1) is 0 Å². The molecular weight excluding hydrogens is 789 g/mol. The highest BCUT2D eigenvalue weighted by Gasteiger charge is 2.49. The predicted molar refractivity (Wildman–Crippen MR) is 276 cm³/mol. The molecule has 0 saturated heterocycles. The summed E-state index contributed by atoms with van der Waals surface area (Å²) in [5, 5.41) is 3.55. The Morgan fingerprint density at radius 2 is 1.06 bits per heavy atom. The van der Waals surface area contributed by atoms with Crippen LogP contribution in [-0.4, -0.2) is 15.9 Å². The van der Waals surface area contributed by atoms with Gasteiger partial charge in [0.15, 0.2) is 0 Å². The van der Waals surface area contributed by atoms with Gasteiger partial charge in [0.05, 0.1) is 16.6 Å². The molecule has 0 amide bonds. The molecule has 3 aromatic heterocycles. The topological polar surface area (TPSA) is 26.2 Å². The molecule has 5 heteroatoms. The van der Waals surface area contributed by atoms with E-state index >= 15 is 0 Å². The largest absolute Gasteiger partial charge is 0.449 e. The van der Waals surface area contributed by atoms with E-state index in [2.05, 4.69) is 240 Å². The van der Waals surface area contributed by atoms with Crippen LogP contribution in [0.2, 0.25) is 0 Å². The van der Waals surface area contributed by atoms with Crippen molar-refractivity contribution in [2.24, 2.45) is 0 Å². The third-order valence-electron chi connectivity index (χ3n) is 14.1. The highest BCUT2D eigenvalue weighted by molar-refractivity contribution is 6.89. The van der Waals surface area contributed by atoms with Crippen molar-refractivity contribution in [2.75, 3.05) is 4.90 Å². The number of anilines is 3. The fraction of sp³-hybridized carbons (Fsp3) is 0.200. The molecular formula is C60H54BN3O. The van der Waals surface area contributed by atoms with Gasteiger partial charge < -0.3 is 13.8 Å². The van der Waals surface area contributed by atoms with E-state index in [1.54, 1.807) is 0 Å². The van der Waals surface area contributed by atoms with Gasteiger partial charge in [-0.25, -0.2) is 0 Å². The zero-order valence-corrected chi connectivity index (χ0v) is 38.9. The van der Waals surface area contributed by atoms with Gasteiger partial charge in [0.25, 0.3) is 0 Å². The fourth-order valence-corrected chi connectivity index (χ4v) is 10.8. The smallest absolute Gasteiger partial charge is 0.376 e. The van der Waals surface area contributed by atoms with Crippen molar-refractivity contribution in [1.82, 2.24) is 9.05 Å². The monoisotopic (exact) mass is 843 g/mol. The van der Waals surface area contributed by atoms with Crippen LogP contribution in [0.5, 0.6) is 0 Å². The first-order valence-corrected chi connectivity index (χ1v) is 23.2. The summed E-state index contributed by atoms with van der Waals surface area (Å²) in [7, 11) is 0. The Balaban J connectivity index is 1.32. The molecule has 0 fully saturated rings. The Hall–Kier alpha value is -6.98. The van der Waals surface area contributed by atoms with Crippen molar-refractivity contribution >= 4 is 67.9 Å². The summed E-state index contributed by atoms with van der Waals surface area (Å²) in [6.07, 6.45) is 0. The molecule has 0 saturated carbocycles. The summed E-state index contributed by atoms with van der Waals surface area (Å²) in [5.74, 6) is 0. The van der Waals surface area contributed by atoms with Crippen LogP contribution in [0.3, 0.4) is 0 Å². The van der Waals surface area contributed by atoms with Crippen LogP contribution in [0, 0.1) is 0 Å². The molecule has 7 aromatic carbocycles. The Labute approximate surface area is 382 Å². The number of hydrogen-bond acceptors (Lipinski definition) is 2. The molecule has 318 valence electrons. The van der Waals surface area contributed by atoms with Gasteiger partial charge in [-0.2, -0.15) is 0 Å². The lowest BCUT2D eigenvalue weighted by molar-refractivity contribution is 0.589. The maximum absolute atomic E-state index is 7.77. The molecule has 4 nitrogen and oxygen atoms in total. The number of fused-ring (bicyclic) bond motifs is 8. The highest BCUT2D eigenvalue weighted by Crippen LogP contribution is 2.53. The van der Waals surface area contributed by atoms with E-state index < -0.39 is 0 Å². The van der Waals surface area contributed by atoms with Gasteiger partial charge in [0.1, 0.15) is 5.66 Å². The fourth-order valence-electron chi connectivity index (χ4n) is 10.8. The van der Waals surface area contributed by atoms with E-state index in [4.69, 9.17) is 4.42 Å². The molecule has 5 heterocycles. The minimum atomic E-state index is -0.285. The van der Waals surface area contributed by atoms with Gasteiger partial charge in [0, 0.05) is 50.2 Å². The summed E-state index contributed by atoms with van der Waals surface area (Å²) in [6, 6.07) is 61.0. The number of aromatic nitrogens is 2. The van der Waals surface area contributed by atoms with E-state index in [-0.39, 0.29) is 23.1 Å². The minimum Gasteiger partial charge on any atom is -0.449 e. The Bertz CT molecular complexity index is 3520. The Morgan fingerprint density at radius 1 is 0.492 bits per heavy atom. The zero-order valence-electron chi connectivity index (χ0n) is 38.9. The lowest BCUT2D eigenvalue weighted by Gasteiger charge is -2.40. The van der Waals surface area contributed by atoms with Crippen LogP contribution in [-0.2, 0) is 16.2 Å². The summed E-state index contributed by atoms with van der Waals surface area (Å²) in [4.78, 5) is 2.56. The van der Waals surface area contributed by atoms with Crippen LogP contribution in [0.4, 0.5) is 17.1 Å². The molecule has 2 aliphatic heterocycles. The van der Waals surface area contributed by atoms with Crippen molar-refractivity contribution < 1.29 is 4.42 Å². The van der Waals surface area contributed by atoms with E-state index in [1.807, 2.05) is 0 Å². The second-order valence-corrected chi connectivity index (χ2v) is 21.4. The summed E-state index contributed by atoms with van der Waals surface area (Å²) < 4.78 is 12.8. The first-order valence-electron chi connectivity index (χ1n) is 23.2. The van der Waals surface area contributed by atoms with Gasteiger partial charge >= 0.3 is 6.85 Å². The predicted octanol–water partition coefficient (Wildman–Crippen LogP) is 15.0. The van der Waals surface area contributed by atoms with E-state index in [9.17, 15) is 0 Å². The van der Waals surface area contributed by atoms with Gasteiger partial charge in [-0.1, -0.05) is 178 Å². The quantitative estimate of drug-likeness (QED) is 0.165. The normalized spacial score (nSPS) is 13.6. The first-order chi connectivity index (χ1) is 31.2. The van der Waals surface area contributed by atoms with Crippen molar-refractivity contribution in [2.45, 2.75) is 78.6 Å². The standard InChI is InChI=1S/C60H54BN3O/c1-58(2,3)39-29-31-43(32-30-39)62-49-36-41(60(7,8)9)33-45-46-34-40(59(4,5)6)35-47-50(37-21-13-10-14-22-37)53(38-23-15-11-16-24-38)64(54(46)47)61(52(45)49)56-55(62)51-44-27-19-20-28-48(44)63(57(51)65-56)42-25-17-12-18-26-42/h10-36H,1-9H3. The number of rotatable bonds is 4.